The molecule has 0 saturated carbocycles. The Morgan fingerprint density at radius 2 is 1.52 bits per heavy atom. The predicted molar refractivity (Wildman–Crippen MR) is 114 cm³/mol. The first-order valence-electron chi connectivity index (χ1n) is 9.19. The van der Waals surface area contributed by atoms with Crippen molar-refractivity contribution in [3.05, 3.63) is 64.3 Å². The fourth-order valence-corrected chi connectivity index (χ4v) is 4.86. The smallest absolute Gasteiger partial charge is 0.0167 e. The third-order valence-corrected chi connectivity index (χ3v) is 7.89. The van der Waals surface area contributed by atoms with Gasteiger partial charge in [0.25, 0.3) is 0 Å². The Hall–Kier alpha value is -1.02. The Bertz CT molecular complexity index is 1030. The minimum atomic E-state index is 0. The molecule has 0 saturated heterocycles. The molecule has 4 rings (SSSR count). The maximum absolute atomic E-state index is 4.71. The maximum atomic E-state index is 4.71. The van der Waals surface area contributed by atoms with Gasteiger partial charge in [0.05, 0.1) is 0 Å². The van der Waals surface area contributed by atoms with E-state index in [2.05, 4.69) is 87.8 Å². The summed E-state index contributed by atoms with van der Waals surface area (Å²) in [6.07, 6.45) is 1.91. The molecule has 3 heteroatoms. The van der Waals surface area contributed by atoms with E-state index in [-0.39, 0.29) is 36.4 Å². The summed E-state index contributed by atoms with van der Waals surface area (Å²) in [5, 5.41) is 2.46. The topological polar surface area (TPSA) is 12.9 Å². The summed E-state index contributed by atoms with van der Waals surface area (Å²) in [4.78, 5) is 4.71. The molecule has 3 aromatic rings. The van der Waals surface area contributed by atoms with Crippen molar-refractivity contribution < 1.29 is 20.1 Å². The van der Waals surface area contributed by atoms with Gasteiger partial charge in [-0.2, -0.15) is 0 Å². The number of aromatic nitrogens is 1. The van der Waals surface area contributed by atoms with E-state index in [4.69, 9.17) is 4.98 Å². The van der Waals surface area contributed by atoms with E-state index in [1.807, 2.05) is 18.3 Å². The van der Waals surface area contributed by atoms with Gasteiger partial charge in [0.2, 0.25) is 0 Å². The van der Waals surface area contributed by atoms with Crippen molar-refractivity contribution in [2.45, 2.75) is 52.4 Å². The number of rotatable bonds is 1. The van der Waals surface area contributed by atoms with Crippen LogP contribution in [0.15, 0.2) is 47.1 Å². The molecule has 0 unspecified atom stereocenters. The molecule has 1 aliphatic carbocycles. The Morgan fingerprint density at radius 1 is 0.889 bits per heavy atom. The van der Waals surface area contributed by atoms with E-state index < -0.39 is 0 Å². The first-order chi connectivity index (χ1) is 12.1. The number of fused-ring (bicyclic) bond motifs is 2. The second-order valence-electron chi connectivity index (χ2n) is 9.07. The van der Waals surface area contributed by atoms with Gasteiger partial charge in [0.15, 0.2) is 0 Å². The monoisotopic (exact) mass is 599 g/mol. The van der Waals surface area contributed by atoms with Crippen LogP contribution in [0.1, 0.15) is 52.7 Å². The van der Waals surface area contributed by atoms with Crippen molar-refractivity contribution in [2.24, 2.45) is 5.41 Å². The van der Waals surface area contributed by atoms with Crippen LogP contribution in [0.25, 0.3) is 22.0 Å². The Kier molecular flexibility index (Phi) is 4.99. The van der Waals surface area contributed by atoms with Crippen molar-refractivity contribution in [2.75, 3.05) is 0 Å². The van der Waals surface area contributed by atoms with Crippen LogP contribution in [0, 0.1) is 11.5 Å². The van der Waals surface area contributed by atoms with Crippen LogP contribution in [0.4, 0.5) is 0 Å². The summed E-state index contributed by atoms with van der Waals surface area (Å²) < 4.78 is 1.05. The van der Waals surface area contributed by atoms with Crippen LogP contribution in [-0.2, 0) is 30.9 Å². The van der Waals surface area contributed by atoms with E-state index in [9.17, 15) is 0 Å². The van der Waals surface area contributed by atoms with Crippen LogP contribution >= 0.6 is 15.9 Å². The zero-order valence-corrected chi connectivity index (χ0v) is 20.7. The SMILES string of the molecule is CC1(C)c2cc3ccnc(-c4[c-]ccc(Br)c4)c3cc2C(C)(C)C1(C)C.[Ir]. The fraction of sp³-hybridized carbons (Fsp3) is 0.375. The van der Waals surface area contributed by atoms with Gasteiger partial charge in [-0.05, 0) is 49.9 Å². The second kappa shape index (κ2) is 6.51. The molecule has 143 valence electrons. The fourth-order valence-electron chi connectivity index (χ4n) is 4.50. The summed E-state index contributed by atoms with van der Waals surface area (Å²) in [5.41, 5.74) is 5.32. The molecular formula is C24H25BrIrN-. The molecule has 0 atom stereocenters. The standard InChI is InChI=1S/C24H25BrN.Ir/c1-22(2)19-13-15-10-11-26-21(16-8-7-9-17(25)12-16)18(15)14-20(19)23(3,4)24(22,5)6;/h7,9-14H,1-6H3;/q-1;. The van der Waals surface area contributed by atoms with Gasteiger partial charge in [-0.1, -0.05) is 74.1 Å². The van der Waals surface area contributed by atoms with E-state index in [0.717, 1.165) is 15.7 Å². The number of nitrogens with zero attached hydrogens (tertiary/aromatic N) is 1. The minimum Gasteiger partial charge on any atom is -0.304 e. The van der Waals surface area contributed by atoms with Crippen molar-refractivity contribution in [3.8, 4) is 11.3 Å². The molecule has 1 aliphatic rings. The Balaban J connectivity index is 0.00000210. The number of benzene rings is 2. The van der Waals surface area contributed by atoms with Crippen molar-refractivity contribution >= 4 is 26.7 Å². The Morgan fingerprint density at radius 3 is 2.15 bits per heavy atom. The molecule has 0 N–H and O–H groups in total. The summed E-state index contributed by atoms with van der Waals surface area (Å²) in [5.74, 6) is 0. The Labute approximate surface area is 184 Å². The number of hydrogen-bond donors (Lipinski definition) is 0. The second-order valence-corrected chi connectivity index (χ2v) is 9.99. The quantitative estimate of drug-likeness (QED) is 0.273. The van der Waals surface area contributed by atoms with Gasteiger partial charge in [0, 0.05) is 26.3 Å². The van der Waals surface area contributed by atoms with Crippen LogP contribution < -0.4 is 0 Å². The van der Waals surface area contributed by atoms with Crippen LogP contribution in [0.2, 0.25) is 0 Å². The van der Waals surface area contributed by atoms with Crippen molar-refractivity contribution in [3.63, 3.8) is 0 Å². The largest absolute Gasteiger partial charge is 0.304 e. The van der Waals surface area contributed by atoms with E-state index in [1.54, 1.807) is 0 Å². The predicted octanol–water partition coefficient (Wildman–Crippen LogP) is 7.06. The average molecular weight is 600 g/mol. The van der Waals surface area contributed by atoms with Crippen LogP contribution in [-0.4, -0.2) is 4.98 Å². The third-order valence-electron chi connectivity index (χ3n) is 7.39. The van der Waals surface area contributed by atoms with Gasteiger partial charge in [-0.25, -0.2) is 0 Å². The summed E-state index contributed by atoms with van der Waals surface area (Å²) in [6.45, 7) is 14.3. The molecule has 1 heterocycles. The van der Waals surface area contributed by atoms with Gasteiger partial charge in [-0.3, -0.25) is 0 Å². The first-order valence-corrected chi connectivity index (χ1v) is 9.98. The zero-order chi connectivity index (χ0) is 18.9. The van der Waals surface area contributed by atoms with Crippen molar-refractivity contribution in [1.82, 2.24) is 4.98 Å². The molecule has 27 heavy (non-hydrogen) atoms. The summed E-state index contributed by atoms with van der Waals surface area (Å²) in [6, 6.07) is 16.3. The van der Waals surface area contributed by atoms with E-state index >= 15 is 0 Å². The molecule has 1 nitrogen and oxygen atoms in total. The number of halogens is 1. The maximum Gasteiger partial charge on any atom is 0.0167 e. The molecule has 0 fully saturated rings. The number of pyridine rings is 1. The molecule has 0 amide bonds. The summed E-state index contributed by atoms with van der Waals surface area (Å²) >= 11 is 3.57. The normalized spacial score (nSPS) is 18.8. The van der Waals surface area contributed by atoms with E-state index in [1.165, 1.54) is 21.9 Å². The van der Waals surface area contributed by atoms with Gasteiger partial charge < -0.3 is 4.98 Å². The average Bonchev–Trinajstić information content (AvgIpc) is 2.68. The van der Waals surface area contributed by atoms with Crippen molar-refractivity contribution in [1.29, 1.82) is 0 Å². The third kappa shape index (κ3) is 2.77. The van der Waals surface area contributed by atoms with Gasteiger partial charge in [0.1, 0.15) is 0 Å². The molecule has 0 bridgehead atoms. The molecule has 1 radical (unpaired) electrons. The molecule has 0 aliphatic heterocycles. The van der Waals surface area contributed by atoms with E-state index in [0.29, 0.717) is 0 Å². The summed E-state index contributed by atoms with van der Waals surface area (Å²) in [7, 11) is 0. The van der Waals surface area contributed by atoms with Crippen LogP contribution in [0.5, 0.6) is 0 Å². The molecule has 0 spiro atoms. The van der Waals surface area contributed by atoms with Crippen LogP contribution in [0.3, 0.4) is 0 Å². The van der Waals surface area contributed by atoms with Gasteiger partial charge >= 0.3 is 0 Å². The number of hydrogen-bond acceptors (Lipinski definition) is 1. The minimum absolute atomic E-state index is 0. The molecule has 1 aromatic heterocycles. The molecule has 2 aromatic carbocycles. The first kappa shape index (κ1) is 20.7. The zero-order valence-electron chi connectivity index (χ0n) is 16.7. The van der Waals surface area contributed by atoms with Gasteiger partial charge in [-0.15, -0.1) is 29.8 Å². The molecular weight excluding hydrogens is 574 g/mol.